The summed E-state index contributed by atoms with van der Waals surface area (Å²) in [6, 6.07) is 11.2. The smallest absolute Gasteiger partial charge is 0.173 e. The number of rotatable bonds is 7. The van der Waals surface area contributed by atoms with Crippen molar-refractivity contribution in [3.63, 3.8) is 0 Å². The van der Waals surface area contributed by atoms with Gasteiger partial charge in [-0.2, -0.15) is 0 Å². The zero-order valence-electron chi connectivity index (χ0n) is 12.3. The minimum Gasteiger partial charge on any atom is -0.494 e. The van der Waals surface area contributed by atoms with Gasteiger partial charge in [0, 0.05) is 0 Å². The summed E-state index contributed by atoms with van der Waals surface area (Å²) in [6.45, 7) is 12.2. The average Bonchev–Trinajstić information content (AvgIpc) is 2.23. The summed E-state index contributed by atoms with van der Waals surface area (Å²) < 4.78 is 12.0. The van der Waals surface area contributed by atoms with E-state index in [1.54, 1.807) is 0 Å². The molecule has 0 N–H and O–H groups in total. The molecular formula is C14H26O2Si2. The van der Waals surface area contributed by atoms with Gasteiger partial charge in [-0.1, -0.05) is 18.2 Å². The molecule has 0 atom stereocenters. The Morgan fingerprint density at radius 3 is 2.11 bits per heavy atom. The number of ether oxygens (including phenoxy) is 1. The zero-order chi connectivity index (χ0) is 13.6. The lowest BCUT2D eigenvalue weighted by molar-refractivity contribution is 0.315. The van der Waals surface area contributed by atoms with Gasteiger partial charge in [0.1, 0.15) is 5.75 Å². The fourth-order valence-corrected chi connectivity index (χ4v) is 10.1. The Bertz CT molecular complexity index is 345. The van der Waals surface area contributed by atoms with Crippen molar-refractivity contribution in [3.8, 4) is 5.75 Å². The van der Waals surface area contributed by atoms with E-state index in [1.807, 2.05) is 30.3 Å². The van der Waals surface area contributed by atoms with Crippen molar-refractivity contribution in [2.24, 2.45) is 0 Å². The second kappa shape index (κ2) is 6.54. The van der Waals surface area contributed by atoms with Gasteiger partial charge in [0.25, 0.3) is 0 Å². The highest BCUT2D eigenvalue weighted by molar-refractivity contribution is 6.84. The minimum atomic E-state index is -1.50. The topological polar surface area (TPSA) is 18.5 Å². The maximum atomic E-state index is 6.30. The largest absolute Gasteiger partial charge is 0.494 e. The van der Waals surface area contributed by atoms with Crippen LogP contribution in [0.5, 0.6) is 5.75 Å². The van der Waals surface area contributed by atoms with Crippen LogP contribution in [-0.4, -0.2) is 23.2 Å². The summed E-state index contributed by atoms with van der Waals surface area (Å²) in [5.74, 6) is 0.961. The maximum Gasteiger partial charge on any atom is 0.173 e. The molecule has 0 aliphatic carbocycles. The lowest BCUT2D eigenvalue weighted by Crippen LogP contribution is -2.42. The summed E-state index contributed by atoms with van der Waals surface area (Å²) in [4.78, 5) is 0. The van der Waals surface area contributed by atoms with Gasteiger partial charge in [0.15, 0.2) is 16.6 Å². The molecule has 2 nitrogen and oxygen atoms in total. The van der Waals surface area contributed by atoms with Crippen LogP contribution in [0.2, 0.25) is 38.8 Å². The van der Waals surface area contributed by atoms with E-state index in [9.17, 15) is 0 Å². The Morgan fingerprint density at radius 1 is 0.944 bits per heavy atom. The summed E-state index contributed by atoms with van der Waals surface area (Å²) >= 11 is 0. The predicted molar refractivity (Wildman–Crippen MR) is 83.3 cm³/mol. The summed E-state index contributed by atoms with van der Waals surface area (Å²) in [6.07, 6.45) is 1.08. The van der Waals surface area contributed by atoms with Crippen LogP contribution in [-0.2, 0) is 4.12 Å². The molecule has 0 saturated carbocycles. The number of hydrogen-bond acceptors (Lipinski definition) is 2. The van der Waals surface area contributed by atoms with Gasteiger partial charge < -0.3 is 8.85 Å². The van der Waals surface area contributed by atoms with E-state index in [4.69, 9.17) is 8.85 Å². The highest BCUT2D eigenvalue weighted by Crippen LogP contribution is 2.20. The molecule has 0 fully saturated rings. The average molecular weight is 283 g/mol. The van der Waals surface area contributed by atoms with E-state index in [1.165, 1.54) is 6.04 Å². The minimum absolute atomic E-state index is 0.787. The Morgan fingerprint density at radius 2 is 1.56 bits per heavy atom. The van der Waals surface area contributed by atoms with Gasteiger partial charge in [0.05, 0.1) is 6.61 Å². The third-order valence-electron chi connectivity index (χ3n) is 2.52. The van der Waals surface area contributed by atoms with Gasteiger partial charge in [-0.15, -0.1) is 0 Å². The van der Waals surface area contributed by atoms with Gasteiger partial charge in [-0.3, -0.25) is 0 Å². The van der Waals surface area contributed by atoms with Crippen molar-refractivity contribution in [2.75, 3.05) is 6.61 Å². The molecule has 0 spiro atoms. The first-order valence-electron chi connectivity index (χ1n) is 6.67. The molecule has 0 heterocycles. The highest BCUT2D eigenvalue weighted by atomic mass is 28.4. The summed E-state index contributed by atoms with van der Waals surface area (Å²) in [5, 5.41) is 0. The second-order valence-electron chi connectivity index (χ2n) is 6.24. The Kier molecular flexibility index (Phi) is 5.62. The number of hydrogen-bond donors (Lipinski definition) is 0. The van der Waals surface area contributed by atoms with Crippen LogP contribution in [0.3, 0.4) is 0 Å². The molecule has 0 aliphatic rings. The Hall–Kier alpha value is -0.586. The van der Waals surface area contributed by atoms with Crippen LogP contribution >= 0.6 is 0 Å². The van der Waals surface area contributed by atoms with Crippen LogP contribution in [0.15, 0.2) is 30.3 Å². The molecule has 0 aromatic heterocycles. The normalized spacial score (nSPS) is 12.5. The molecule has 0 unspecified atom stereocenters. The van der Waals surface area contributed by atoms with Crippen molar-refractivity contribution in [1.29, 1.82) is 0 Å². The van der Waals surface area contributed by atoms with E-state index in [2.05, 4.69) is 32.7 Å². The molecule has 4 heteroatoms. The number of para-hydroxylation sites is 1. The first kappa shape index (κ1) is 15.5. The fraction of sp³-hybridized carbons (Fsp3) is 0.571. The third-order valence-corrected chi connectivity index (χ3v) is 8.74. The van der Waals surface area contributed by atoms with Crippen molar-refractivity contribution in [3.05, 3.63) is 30.3 Å². The molecule has 0 bridgehead atoms. The van der Waals surface area contributed by atoms with Crippen LogP contribution in [0.25, 0.3) is 0 Å². The highest BCUT2D eigenvalue weighted by Gasteiger charge is 2.28. The standard InChI is InChI=1S/C14H26O2Si2/c1-17(2,3)16-18(4,5)13-9-12-15-14-10-7-6-8-11-14/h6-8,10-11H,9,12-13H2,1-5H3. The first-order valence-corrected chi connectivity index (χ1v) is 13.2. The van der Waals surface area contributed by atoms with Gasteiger partial charge in [-0.05, 0) is 57.3 Å². The van der Waals surface area contributed by atoms with Gasteiger partial charge in [0.2, 0.25) is 0 Å². The molecule has 1 rings (SSSR count). The molecule has 102 valence electrons. The molecule has 0 saturated heterocycles. The van der Waals surface area contributed by atoms with E-state index in [-0.39, 0.29) is 0 Å². The Labute approximate surface area is 114 Å². The summed E-state index contributed by atoms with van der Waals surface area (Å²) in [5.41, 5.74) is 0. The van der Waals surface area contributed by atoms with Crippen LogP contribution < -0.4 is 4.74 Å². The SMILES string of the molecule is C[Si](C)(C)O[Si](C)(C)CCCOc1ccccc1. The monoisotopic (exact) mass is 282 g/mol. The van der Waals surface area contributed by atoms with Crippen molar-refractivity contribution in [1.82, 2.24) is 0 Å². The van der Waals surface area contributed by atoms with Crippen LogP contribution in [0, 0.1) is 0 Å². The van der Waals surface area contributed by atoms with Gasteiger partial charge >= 0.3 is 0 Å². The lowest BCUT2D eigenvalue weighted by atomic mass is 10.3. The van der Waals surface area contributed by atoms with E-state index < -0.39 is 16.6 Å². The van der Waals surface area contributed by atoms with Crippen molar-refractivity contribution < 1.29 is 8.85 Å². The molecular weight excluding hydrogens is 256 g/mol. The Balaban J connectivity index is 2.25. The van der Waals surface area contributed by atoms with E-state index in [0.717, 1.165) is 18.8 Å². The third kappa shape index (κ3) is 6.98. The number of benzene rings is 1. The maximum absolute atomic E-state index is 6.30. The predicted octanol–water partition coefficient (Wildman–Crippen LogP) is 4.51. The second-order valence-corrected chi connectivity index (χ2v) is 15.3. The van der Waals surface area contributed by atoms with E-state index in [0.29, 0.717) is 0 Å². The summed E-state index contributed by atoms with van der Waals surface area (Å²) in [7, 11) is -2.89. The van der Waals surface area contributed by atoms with Crippen molar-refractivity contribution in [2.45, 2.75) is 45.2 Å². The van der Waals surface area contributed by atoms with Crippen molar-refractivity contribution >= 4 is 16.6 Å². The van der Waals surface area contributed by atoms with Crippen LogP contribution in [0.1, 0.15) is 6.42 Å². The first-order chi connectivity index (χ1) is 8.29. The molecule has 0 amide bonds. The fourth-order valence-electron chi connectivity index (χ4n) is 2.08. The lowest BCUT2D eigenvalue weighted by Gasteiger charge is -2.31. The van der Waals surface area contributed by atoms with Crippen LogP contribution in [0.4, 0.5) is 0 Å². The van der Waals surface area contributed by atoms with E-state index >= 15 is 0 Å². The molecule has 18 heavy (non-hydrogen) atoms. The molecule has 1 aromatic rings. The zero-order valence-corrected chi connectivity index (χ0v) is 14.3. The quantitative estimate of drug-likeness (QED) is 0.541. The van der Waals surface area contributed by atoms with Gasteiger partial charge in [-0.25, -0.2) is 0 Å². The molecule has 0 radical (unpaired) electrons. The molecule has 0 aliphatic heterocycles. The molecule has 1 aromatic carbocycles.